The van der Waals surface area contributed by atoms with Crippen LogP contribution in [0, 0.1) is 0 Å². The fraction of sp³-hybridized carbons (Fsp3) is 0.190. The zero-order valence-corrected chi connectivity index (χ0v) is 17.7. The van der Waals surface area contributed by atoms with E-state index < -0.39 is 5.97 Å². The zero-order chi connectivity index (χ0) is 22.0. The largest absolute Gasteiger partial charge is 0.493 e. The molecule has 4 aromatic rings. The predicted molar refractivity (Wildman–Crippen MR) is 119 cm³/mol. The summed E-state index contributed by atoms with van der Waals surface area (Å²) in [6, 6.07) is 8.40. The molecule has 31 heavy (non-hydrogen) atoms. The first kappa shape index (κ1) is 20.6. The van der Waals surface area contributed by atoms with Gasteiger partial charge in [-0.15, -0.1) is 0 Å². The van der Waals surface area contributed by atoms with Crippen LogP contribution in [0.4, 0.5) is 5.82 Å². The molecule has 160 valence electrons. The minimum absolute atomic E-state index is 0.0566. The van der Waals surface area contributed by atoms with Crippen molar-refractivity contribution in [3.8, 4) is 17.3 Å². The first-order valence-electron chi connectivity index (χ1n) is 9.38. The summed E-state index contributed by atoms with van der Waals surface area (Å²) in [6.45, 7) is 0.284. The Morgan fingerprint density at radius 3 is 2.68 bits per heavy atom. The Bertz CT molecular complexity index is 1220. The summed E-state index contributed by atoms with van der Waals surface area (Å²) in [7, 11) is 3.12. The molecule has 1 atom stereocenters. The van der Waals surface area contributed by atoms with E-state index in [9.17, 15) is 9.90 Å². The van der Waals surface area contributed by atoms with Crippen LogP contribution in [0.5, 0.6) is 11.5 Å². The summed E-state index contributed by atoms with van der Waals surface area (Å²) in [5.74, 6) is 0.776. The predicted octanol–water partition coefficient (Wildman–Crippen LogP) is 3.31. The van der Waals surface area contributed by atoms with Gasteiger partial charge in [-0.2, -0.15) is 11.3 Å². The third-order valence-corrected chi connectivity index (χ3v) is 5.60. The fourth-order valence-corrected chi connectivity index (χ4v) is 4.02. The van der Waals surface area contributed by atoms with Crippen molar-refractivity contribution in [3.05, 3.63) is 58.5 Å². The first-order chi connectivity index (χ1) is 15.0. The molecule has 3 heterocycles. The number of hydrogen-bond acceptors (Lipinski definition) is 8. The third kappa shape index (κ3) is 3.90. The number of nitrogens with zero attached hydrogens (tertiary/aromatic N) is 3. The van der Waals surface area contributed by atoms with Crippen LogP contribution in [0.15, 0.2) is 47.4 Å². The molecule has 0 saturated carbocycles. The lowest BCUT2D eigenvalue weighted by Crippen LogP contribution is -2.22. The van der Waals surface area contributed by atoms with Crippen molar-refractivity contribution in [1.29, 1.82) is 0 Å². The van der Waals surface area contributed by atoms with Gasteiger partial charge in [0, 0.05) is 18.7 Å². The second-order valence-electron chi connectivity index (χ2n) is 6.67. The molecule has 3 aromatic heterocycles. The van der Waals surface area contributed by atoms with Gasteiger partial charge < -0.3 is 25.6 Å². The highest BCUT2D eigenvalue weighted by molar-refractivity contribution is 7.08. The number of hydrogen-bond donors (Lipinski definition) is 3. The Morgan fingerprint density at radius 2 is 2.03 bits per heavy atom. The number of pyridine rings is 1. The van der Waals surface area contributed by atoms with Crippen molar-refractivity contribution in [1.82, 2.24) is 14.5 Å². The summed E-state index contributed by atoms with van der Waals surface area (Å²) < 4.78 is 12.5. The fourth-order valence-electron chi connectivity index (χ4n) is 3.30. The minimum Gasteiger partial charge on any atom is -0.493 e. The molecular formula is C21H21N5O4S. The summed E-state index contributed by atoms with van der Waals surface area (Å²) in [6.07, 6.45) is 1.62. The number of imidazole rings is 1. The van der Waals surface area contributed by atoms with Crippen molar-refractivity contribution < 1.29 is 19.4 Å². The molecule has 0 aliphatic rings. The number of thiophene rings is 1. The van der Waals surface area contributed by atoms with Crippen LogP contribution in [0.3, 0.4) is 0 Å². The van der Waals surface area contributed by atoms with E-state index >= 15 is 0 Å². The number of methoxy groups -OCH3 is 2. The number of benzene rings is 1. The Labute approximate surface area is 182 Å². The maximum atomic E-state index is 11.8. The number of anilines is 1. The van der Waals surface area contributed by atoms with Crippen molar-refractivity contribution in [2.45, 2.75) is 6.04 Å². The van der Waals surface area contributed by atoms with Gasteiger partial charge in [0.05, 0.1) is 31.3 Å². The van der Waals surface area contributed by atoms with E-state index in [2.05, 4.69) is 15.3 Å². The number of nitrogens with two attached hydrogens (primary N) is 1. The Hall–Kier alpha value is -3.63. The van der Waals surface area contributed by atoms with Crippen molar-refractivity contribution in [2.75, 3.05) is 26.1 Å². The highest BCUT2D eigenvalue weighted by atomic mass is 32.1. The number of ether oxygens (including phenoxy) is 2. The van der Waals surface area contributed by atoms with E-state index in [1.165, 1.54) is 6.07 Å². The molecule has 0 amide bonds. The van der Waals surface area contributed by atoms with Gasteiger partial charge in [-0.1, -0.05) is 0 Å². The van der Waals surface area contributed by atoms with E-state index in [1.54, 1.807) is 54.6 Å². The lowest BCUT2D eigenvalue weighted by atomic mass is 10.1. The van der Waals surface area contributed by atoms with Gasteiger partial charge in [-0.25, -0.2) is 14.8 Å². The molecule has 0 aliphatic carbocycles. The van der Waals surface area contributed by atoms with E-state index in [4.69, 9.17) is 15.2 Å². The molecular weight excluding hydrogens is 418 g/mol. The Balaban J connectivity index is 1.79. The van der Waals surface area contributed by atoms with Gasteiger partial charge in [-0.3, -0.25) is 4.57 Å². The Morgan fingerprint density at radius 1 is 1.26 bits per heavy atom. The van der Waals surface area contributed by atoms with Gasteiger partial charge in [0.15, 0.2) is 11.5 Å². The van der Waals surface area contributed by atoms with Crippen LogP contribution in [0.2, 0.25) is 0 Å². The van der Waals surface area contributed by atoms with Crippen molar-refractivity contribution >= 4 is 34.2 Å². The summed E-state index contributed by atoms with van der Waals surface area (Å²) in [4.78, 5) is 20.8. The molecule has 0 radical (unpaired) electrons. The number of aromatic carboxylic acids is 1. The lowest BCUT2D eigenvalue weighted by molar-refractivity contribution is 0.0697. The lowest BCUT2D eigenvalue weighted by Gasteiger charge is -2.18. The molecule has 1 unspecified atom stereocenters. The van der Waals surface area contributed by atoms with Gasteiger partial charge in [-0.05, 0) is 34.5 Å². The van der Waals surface area contributed by atoms with Gasteiger partial charge >= 0.3 is 5.97 Å². The number of carboxylic acids is 1. The first-order valence-corrected chi connectivity index (χ1v) is 10.3. The van der Waals surface area contributed by atoms with Crippen LogP contribution in [0.1, 0.15) is 22.0 Å². The van der Waals surface area contributed by atoms with Crippen LogP contribution < -0.4 is 20.5 Å². The third-order valence-electron chi connectivity index (χ3n) is 4.90. The second-order valence-corrected chi connectivity index (χ2v) is 7.45. The van der Waals surface area contributed by atoms with Crippen molar-refractivity contribution in [3.63, 3.8) is 0 Å². The van der Waals surface area contributed by atoms with Crippen LogP contribution >= 0.6 is 11.3 Å². The number of fused-ring (bicyclic) bond motifs is 1. The second kappa shape index (κ2) is 8.62. The number of carboxylic acid groups (broad SMARTS) is 1. The molecule has 1 aromatic carbocycles. The molecule has 0 aliphatic heterocycles. The average Bonchev–Trinajstić information content (AvgIpc) is 3.46. The van der Waals surface area contributed by atoms with Crippen LogP contribution in [-0.4, -0.2) is 46.4 Å². The maximum Gasteiger partial charge on any atom is 0.339 e. The SMILES string of the molecule is COc1cc2ncn(-c3ccc(C(=O)O)c(NC(CN)c4ccsc4)n3)c2cc1OC. The average molecular weight is 439 g/mol. The topological polar surface area (TPSA) is 125 Å². The molecule has 0 spiro atoms. The highest BCUT2D eigenvalue weighted by Crippen LogP contribution is 2.33. The van der Waals surface area contributed by atoms with Crippen LogP contribution in [0.25, 0.3) is 16.9 Å². The molecule has 10 heteroatoms. The number of carbonyl (C=O) groups is 1. The minimum atomic E-state index is -1.08. The zero-order valence-electron chi connectivity index (χ0n) is 16.9. The molecule has 0 bridgehead atoms. The van der Waals surface area contributed by atoms with E-state index in [1.807, 2.05) is 16.8 Å². The van der Waals surface area contributed by atoms with Crippen molar-refractivity contribution in [2.24, 2.45) is 5.73 Å². The molecule has 9 nitrogen and oxygen atoms in total. The highest BCUT2D eigenvalue weighted by Gasteiger charge is 2.19. The quantitative estimate of drug-likeness (QED) is 0.382. The number of aromatic nitrogens is 3. The van der Waals surface area contributed by atoms with E-state index in [0.717, 1.165) is 11.1 Å². The standard InChI is InChI=1S/C21H21N5O4S/c1-29-17-7-14-16(8-18(17)30-2)26(11-23-14)19-4-3-13(21(27)28)20(25-19)24-15(9-22)12-5-6-31-10-12/h3-8,10-11,15H,9,22H2,1-2H3,(H,24,25)(H,27,28). The smallest absolute Gasteiger partial charge is 0.339 e. The summed E-state index contributed by atoms with van der Waals surface area (Å²) in [5, 5.41) is 16.7. The molecule has 4 rings (SSSR count). The summed E-state index contributed by atoms with van der Waals surface area (Å²) in [5.41, 5.74) is 8.39. The number of rotatable bonds is 8. The van der Waals surface area contributed by atoms with E-state index in [-0.39, 0.29) is 24.0 Å². The van der Waals surface area contributed by atoms with Crippen LogP contribution in [-0.2, 0) is 0 Å². The summed E-state index contributed by atoms with van der Waals surface area (Å²) >= 11 is 1.55. The Kier molecular flexibility index (Phi) is 5.74. The van der Waals surface area contributed by atoms with Gasteiger partial charge in [0.1, 0.15) is 23.5 Å². The van der Waals surface area contributed by atoms with Gasteiger partial charge in [0.2, 0.25) is 0 Å². The number of nitrogens with one attached hydrogen (secondary N) is 1. The molecule has 0 fully saturated rings. The van der Waals surface area contributed by atoms with E-state index in [0.29, 0.717) is 22.8 Å². The maximum absolute atomic E-state index is 11.8. The molecule has 4 N–H and O–H groups in total. The monoisotopic (exact) mass is 439 g/mol. The molecule has 0 saturated heterocycles. The normalized spacial score (nSPS) is 12.0. The van der Waals surface area contributed by atoms with Gasteiger partial charge in [0.25, 0.3) is 0 Å².